The largest absolute Gasteiger partial charge is 0.385 e. The average Bonchev–Trinajstić information content (AvgIpc) is 2.49. The third-order valence-corrected chi connectivity index (χ3v) is 3.65. The molecule has 2 heterocycles. The number of benzene rings is 1. The molecule has 0 saturated carbocycles. The molecule has 1 aliphatic heterocycles. The van der Waals surface area contributed by atoms with Gasteiger partial charge in [0.15, 0.2) is 0 Å². The number of hydrogen-bond donors (Lipinski definition) is 2. The maximum Gasteiger partial charge on any atom is 0.257 e. The van der Waals surface area contributed by atoms with Gasteiger partial charge in [-0.15, -0.1) is 0 Å². The molecule has 0 unspecified atom stereocenters. The molecule has 0 atom stereocenters. The number of nitrogens with zero attached hydrogens (tertiary/aromatic N) is 2. The number of carbonyl (C=O) groups excluding carboxylic acids is 1. The molecule has 5 nitrogen and oxygen atoms in total. The summed E-state index contributed by atoms with van der Waals surface area (Å²) in [5.74, 6) is -0.144. The first-order valence-corrected chi connectivity index (χ1v) is 7.12. The Hall–Kier alpha value is -2.43. The molecule has 3 rings (SSSR count). The van der Waals surface area contributed by atoms with E-state index >= 15 is 0 Å². The summed E-state index contributed by atoms with van der Waals surface area (Å²) in [7, 11) is 0. The van der Waals surface area contributed by atoms with Crippen LogP contribution in [0, 0.1) is 13.8 Å². The molecule has 1 amide bonds. The van der Waals surface area contributed by atoms with Crippen LogP contribution in [0.5, 0.6) is 0 Å². The molecule has 2 aromatic rings. The van der Waals surface area contributed by atoms with E-state index < -0.39 is 0 Å². The zero-order valence-corrected chi connectivity index (χ0v) is 12.2. The average molecular weight is 282 g/mol. The van der Waals surface area contributed by atoms with Crippen molar-refractivity contribution >= 4 is 17.3 Å². The van der Waals surface area contributed by atoms with Gasteiger partial charge in [-0.25, -0.2) is 0 Å². The molecule has 2 N–H and O–H groups in total. The fraction of sp³-hybridized carbons (Fsp3) is 0.312. The van der Waals surface area contributed by atoms with Gasteiger partial charge in [-0.05, 0) is 56.5 Å². The molecule has 21 heavy (non-hydrogen) atoms. The molecule has 0 aliphatic carbocycles. The van der Waals surface area contributed by atoms with E-state index in [0.29, 0.717) is 11.3 Å². The fourth-order valence-electron chi connectivity index (χ4n) is 2.53. The van der Waals surface area contributed by atoms with Crippen LogP contribution in [0.3, 0.4) is 0 Å². The highest BCUT2D eigenvalue weighted by atomic mass is 16.1. The molecule has 0 spiro atoms. The van der Waals surface area contributed by atoms with Crippen molar-refractivity contribution in [2.75, 3.05) is 17.2 Å². The van der Waals surface area contributed by atoms with E-state index in [0.717, 1.165) is 36.5 Å². The second kappa shape index (κ2) is 5.52. The van der Waals surface area contributed by atoms with Crippen LogP contribution in [0.25, 0.3) is 0 Å². The highest BCUT2D eigenvalue weighted by Gasteiger charge is 2.13. The second-order valence-corrected chi connectivity index (χ2v) is 5.34. The summed E-state index contributed by atoms with van der Waals surface area (Å²) in [6.07, 6.45) is 2.16. The van der Waals surface area contributed by atoms with E-state index in [1.807, 2.05) is 25.1 Å². The van der Waals surface area contributed by atoms with Gasteiger partial charge in [0.2, 0.25) is 0 Å². The summed E-state index contributed by atoms with van der Waals surface area (Å²) in [6, 6.07) is 7.74. The van der Waals surface area contributed by atoms with E-state index in [4.69, 9.17) is 0 Å². The van der Waals surface area contributed by atoms with E-state index in [9.17, 15) is 4.79 Å². The van der Waals surface area contributed by atoms with Crippen LogP contribution in [0.1, 0.15) is 33.7 Å². The summed E-state index contributed by atoms with van der Waals surface area (Å²) in [5, 5.41) is 14.2. The molecule has 1 aromatic heterocycles. The Morgan fingerprint density at radius 3 is 2.95 bits per heavy atom. The number of anilines is 2. The van der Waals surface area contributed by atoms with Crippen LogP contribution in [0.15, 0.2) is 24.3 Å². The Bertz CT molecular complexity index is 697. The normalized spacial score (nSPS) is 13.2. The summed E-state index contributed by atoms with van der Waals surface area (Å²) >= 11 is 0. The molecule has 1 aliphatic rings. The van der Waals surface area contributed by atoms with Gasteiger partial charge in [0, 0.05) is 17.9 Å². The highest BCUT2D eigenvalue weighted by Crippen LogP contribution is 2.25. The lowest BCUT2D eigenvalue weighted by molar-refractivity contribution is 0.102. The first-order chi connectivity index (χ1) is 10.1. The number of fused-ring (bicyclic) bond motifs is 1. The summed E-state index contributed by atoms with van der Waals surface area (Å²) in [4.78, 5) is 12.4. The van der Waals surface area contributed by atoms with Gasteiger partial charge in [0.25, 0.3) is 5.91 Å². The molecule has 0 saturated heterocycles. The first kappa shape index (κ1) is 13.5. The minimum atomic E-state index is -0.144. The van der Waals surface area contributed by atoms with Gasteiger partial charge in [-0.2, -0.15) is 10.2 Å². The van der Waals surface area contributed by atoms with E-state index in [1.165, 1.54) is 5.56 Å². The van der Waals surface area contributed by atoms with Crippen molar-refractivity contribution < 1.29 is 4.79 Å². The molecule has 0 radical (unpaired) electrons. The quantitative estimate of drug-likeness (QED) is 0.888. The Kier molecular flexibility index (Phi) is 3.56. The minimum Gasteiger partial charge on any atom is -0.385 e. The lowest BCUT2D eigenvalue weighted by atomic mass is 10.0. The Balaban J connectivity index is 1.83. The number of nitrogens with one attached hydrogen (secondary N) is 2. The number of carbonyl (C=O) groups is 1. The molecular formula is C16H18N4O. The van der Waals surface area contributed by atoms with Gasteiger partial charge >= 0.3 is 0 Å². The maximum atomic E-state index is 12.4. The van der Waals surface area contributed by atoms with Crippen molar-refractivity contribution in [1.82, 2.24) is 10.2 Å². The summed E-state index contributed by atoms with van der Waals surface area (Å²) in [5.41, 5.74) is 5.17. The van der Waals surface area contributed by atoms with Gasteiger partial charge in [0.05, 0.1) is 17.0 Å². The van der Waals surface area contributed by atoms with E-state index in [2.05, 4.69) is 20.8 Å². The number of aromatic nitrogens is 2. The standard InChI is InChI=1S/C16H18N4O/c1-10-8-14(11(2)20-19-10)16(21)18-13-5-6-15-12(9-13)4-3-7-17-15/h5-6,8-9,17H,3-4,7H2,1-2H3,(H,18,21). The van der Waals surface area contributed by atoms with Gasteiger partial charge in [-0.1, -0.05) is 0 Å². The molecular weight excluding hydrogens is 264 g/mol. The number of amides is 1. The van der Waals surface area contributed by atoms with Gasteiger partial charge in [0.1, 0.15) is 0 Å². The van der Waals surface area contributed by atoms with Gasteiger partial charge < -0.3 is 10.6 Å². The lowest BCUT2D eigenvalue weighted by Gasteiger charge is -2.19. The molecule has 0 bridgehead atoms. The van der Waals surface area contributed by atoms with Crippen molar-refractivity contribution in [2.24, 2.45) is 0 Å². The minimum absolute atomic E-state index is 0.144. The van der Waals surface area contributed by atoms with Crippen molar-refractivity contribution in [3.05, 3.63) is 46.8 Å². The zero-order valence-electron chi connectivity index (χ0n) is 12.2. The Morgan fingerprint density at radius 2 is 2.10 bits per heavy atom. The Labute approximate surface area is 123 Å². The molecule has 5 heteroatoms. The molecule has 1 aromatic carbocycles. The summed E-state index contributed by atoms with van der Waals surface area (Å²) in [6.45, 7) is 4.63. The van der Waals surface area contributed by atoms with Crippen LogP contribution in [0.2, 0.25) is 0 Å². The maximum absolute atomic E-state index is 12.4. The highest BCUT2D eigenvalue weighted by molar-refractivity contribution is 6.05. The topological polar surface area (TPSA) is 66.9 Å². The smallest absolute Gasteiger partial charge is 0.257 e. The van der Waals surface area contributed by atoms with Crippen molar-refractivity contribution in [1.29, 1.82) is 0 Å². The second-order valence-electron chi connectivity index (χ2n) is 5.34. The molecule has 108 valence electrons. The zero-order chi connectivity index (χ0) is 14.8. The predicted molar refractivity (Wildman–Crippen MR) is 82.7 cm³/mol. The van der Waals surface area contributed by atoms with E-state index in [1.54, 1.807) is 13.0 Å². The third-order valence-electron chi connectivity index (χ3n) is 3.65. The van der Waals surface area contributed by atoms with Crippen LogP contribution in [0.4, 0.5) is 11.4 Å². The van der Waals surface area contributed by atoms with Crippen molar-refractivity contribution in [3.8, 4) is 0 Å². The number of rotatable bonds is 2. The lowest BCUT2D eigenvalue weighted by Crippen LogP contribution is -2.16. The van der Waals surface area contributed by atoms with Crippen LogP contribution in [-0.2, 0) is 6.42 Å². The third kappa shape index (κ3) is 2.86. The Morgan fingerprint density at radius 1 is 1.24 bits per heavy atom. The van der Waals surface area contributed by atoms with Crippen LogP contribution in [-0.4, -0.2) is 22.6 Å². The van der Waals surface area contributed by atoms with E-state index in [-0.39, 0.29) is 5.91 Å². The monoisotopic (exact) mass is 282 g/mol. The first-order valence-electron chi connectivity index (χ1n) is 7.12. The van der Waals surface area contributed by atoms with Crippen LogP contribution >= 0.6 is 0 Å². The fourth-order valence-corrected chi connectivity index (χ4v) is 2.53. The predicted octanol–water partition coefficient (Wildman–Crippen LogP) is 2.70. The molecule has 0 fully saturated rings. The number of aryl methyl sites for hydroxylation is 3. The van der Waals surface area contributed by atoms with Gasteiger partial charge in [-0.3, -0.25) is 4.79 Å². The SMILES string of the molecule is Cc1cc(C(=O)Nc2ccc3c(c2)CCCN3)c(C)nn1. The van der Waals surface area contributed by atoms with Crippen LogP contribution < -0.4 is 10.6 Å². The van der Waals surface area contributed by atoms with Crippen molar-refractivity contribution in [2.45, 2.75) is 26.7 Å². The number of hydrogen-bond acceptors (Lipinski definition) is 4. The van der Waals surface area contributed by atoms with Crippen molar-refractivity contribution in [3.63, 3.8) is 0 Å². The summed E-state index contributed by atoms with van der Waals surface area (Å²) < 4.78 is 0.